The van der Waals surface area contributed by atoms with Crippen LogP contribution in [0.25, 0.3) is 0 Å². The van der Waals surface area contributed by atoms with Crippen molar-refractivity contribution in [1.29, 1.82) is 0 Å². The highest BCUT2D eigenvalue weighted by atomic mass is 79.9. The molecule has 0 spiro atoms. The lowest BCUT2D eigenvalue weighted by atomic mass is 10.1. The molecule has 0 saturated carbocycles. The molecule has 0 unspecified atom stereocenters. The van der Waals surface area contributed by atoms with Crippen molar-refractivity contribution in [3.8, 4) is 0 Å². The Labute approximate surface area is 122 Å². The van der Waals surface area contributed by atoms with Gasteiger partial charge in [0.25, 0.3) is 5.91 Å². The van der Waals surface area contributed by atoms with E-state index in [1.165, 1.54) is 0 Å². The molecule has 1 amide bonds. The minimum Gasteiger partial charge on any atom is -0.320 e. The van der Waals surface area contributed by atoms with Gasteiger partial charge < -0.3 is 5.32 Å². The van der Waals surface area contributed by atoms with Crippen LogP contribution in [-0.4, -0.2) is 10.9 Å². The molecule has 1 aromatic carbocycles. The largest absolute Gasteiger partial charge is 0.320 e. The second kappa shape index (κ2) is 5.63. The first-order chi connectivity index (χ1) is 8.56. The average Bonchev–Trinajstić information content (AvgIpc) is 2.34. The Balaban J connectivity index is 2.21. The van der Waals surface area contributed by atoms with Gasteiger partial charge >= 0.3 is 0 Å². The molecule has 0 fully saturated rings. The Bertz CT molecular complexity index is 582. The summed E-state index contributed by atoms with van der Waals surface area (Å²) in [5.41, 5.74) is 2.37. The Morgan fingerprint density at radius 1 is 1.22 bits per heavy atom. The number of nitrogens with one attached hydrogen (secondary N) is 1. The second-order valence-electron chi connectivity index (χ2n) is 3.81. The van der Waals surface area contributed by atoms with Gasteiger partial charge in [-0.3, -0.25) is 4.79 Å². The molecule has 0 radical (unpaired) electrons. The molecule has 0 aliphatic heterocycles. The lowest BCUT2D eigenvalue weighted by molar-refractivity contribution is 0.102. The molecule has 2 aromatic rings. The fourth-order valence-electron chi connectivity index (χ4n) is 1.41. The molecule has 0 bridgehead atoms. The number of aryl methyl sites for hydroxylation is 1. The van der Waals surface area contributed by atoms with Crippen LogP contribution in [-0.2, 0) is 0 Å². The Morgan fingerprint density at radius 2 is 1.89 bits per heavy atom. The summed E-state index contributed by atoms with van der Waals surface area (Å²) in [4.78, 5) is 16.1. The molecule has 0 aliphatic carbocycles. The minimum absolute atomic E-state index is 0.157. The van der Waals surface area contributed by atoms with Gasteiger partial charge in [-0.2, -0.15) is 0 Å². The van der Waals surface area contributed by atoms with Gasteiger partial charge in [-0.25, -0.2) is 4.98 Å². The minimum atomic E-state index is -0.157. The number of amides is 1. The van der Waals surface area contributed by atoms with Gasteiger partial charge in [0.1, 0.15) is 4.60 Å². The zero-order valence-electron chi connectivity index (χ0n) is 9.58. The van der Waals surface area contributed by atoms with Crippen molar-refractivity contribution in [3.63, 3.8) is 0 Å². The Hall–Kier alpha value is -1.20. The SMILES string of the molecule is Cc1ccc(C(=O)Nc2cc(Br)cnc2Br)cc1. The number of pyridine rings is 1. The van der Waals surface area contributed by atoms with Gasteiger partial charge in [-0.15, -0.1) is 0 Å². The van der Waals surface area contributed by atoms with Crippen molar-refractivity contribution in [2.45, 2.75) is 6.92 Å². The number of anilines is 1. The van der Waals surface area contributed by atoms with Crippen LogP contribution in [0, 0.1) is 6.92 Å². The van der Waals surface area contributed by atoms with Crippen LogP contribution in [0.5, 0.6) is 0 Å². The number of benzene rings is 1. The number of hydrogen-bond acceptors (Lipinski definition) is 2. The summed E-state index contributed by atoms with van der Waals surface area (Å²) in [5, 5.41) is 2.81. The van der Waals surface area contributed by atoms with E-state index >= 15 is 0 Å². The molecule has 2 rings (SSSR count). The molecule has 1 heterocycles. The number of carbonyl (C=O) groups excluding carboxylic acids is 1. The Morgan fingerprint density at radius 3 is 2.56 bits per heavy atom. The summed E-state index contributed by atoms with van der Waals surface area (Å²) in [6.45, 7) is 1.98. The van der Waals surface area contributed by atoms with Crippen molar-refractivity contribution >= 4 is 43.5 Å². The molecular formula is C13H10Br2N2O. The van der Waals surface area contributed by atoms with Gasteiger partial charge in [-0.05, 0) is 57.0 Å². The van der Waals surface area contributed by atoms with Crippen molar-refractivity contribution in [2.24, 2.45) is 0 Å². The van der Waals surface area contributed by atoms with Crippen molar-refractivity contribution < 1.29 is 4.79 Å². The molecular weight excluding hydrogens is 360 g/mol. The van der Waals surface area contributed by atoms with E-state index in [0.717, 1.165) is 10.0 Å². The summed E-state index contributed by atoms with van der Waals surface area (Å²) in [6, 6.07) is 9.20. The number of carbonyl (C=O) groups is 1. The molecule has 18 heavy (non-hydrogen) atoms. The molecule has 0 aliphatic rings. The van der Waals surface area contributed by atoms with E-state index in [9.17, 15) is 4.79 Å². The molecule has 5 heteroatoms. The highest BCUT2D eigenvalue weighted by Crippen LogP contribution is 2.24. The molecule has 1 aromatic heterocycles. The van der Waals surface area contributed by atoms with Gasteiger partial charge in [0.05, 0.1) is 5.69 Å². The van der Waals surface area contributed by atoms with Gasteiger partial charge in [0.2, 0.25) is 0 Å². The molecule has 1 N–H and O–H groups in total. The normalized spacial score (nSPS) is 10.2. The first kappa shape index (κ1) is 13.2. The van der Waals surface area contributed by atoms with E-state index in [0.29, 0.717) is 15.9 Å². The van der Waals surface area contributed by atoms with Crippen molar-refractivity contribution in [3.05, 3.63) is 56.7 Å². The highest BCUT2D eigenvalue weighted by molar-refractivity contribution is 9.11. The first-order valence-corrected chi connectivity index (χ1v) is 6.84. The van der Waals surface area contributed by atoms with Gasteiger partial charge in [0.15, 0.2) is 0 Å². The summed E-state index contributed by atoms with van der Waals surface area (Å²) < 4.78 is 1.41. The zero-order valence-corrected chi connectivity index (χ0v) is 12.7. The number of rotatable bonds is 2. The van der Waals surface area contributed by atoms with Crippen LogP contribution in [0.1, 0.15) is 15.9 Å². The standard InChI is InChI=1S/C13H10Br2N2O/c1-8-2-4-9(5-3-8)13(18)17-11-6-10(14)7-16-12(11)15/h2-7H,1H3,(H,17,18). The van der Waals surface area contributed by atoms with Crippen molar-refractivity contribution in [2.75, 3.05) is 5.32 Å². The van der Waals surface area contributed by atoms with Crippen LogP contribution >= 0.6 is 31.9 Å². The van der Waals surface area contributed by atoms with Gasteiger partial charge in [0, 0.05) is 16.2 Å². The lowest BCUT2D eigenvalue weighted by Crippen LogP contribution is -2.12. The third-order valence-corrected chi connectivity index (χ3v) is 3.43. The lowest BCUT2D eigenvalue weighted by Gasteiger charge is -2.07. The third kappa shape index (κ3) is 3.17. The van der Waals surface area contributed by atoms with E-state index in [1.807, 2.05) is 19.1 Å². The average molecular weight is 370 g/mol. The maximum absolute atomic E-state index is 12.0. The topological polar surface area (TPSA) is 42.0 Å². The van der Waals surface area contributed by atoms with Gasteiger partial charge in [-0.1, -0.05) is 17.7 Å². The summed E-state index contributed by atoms with van der Waals surface area (Å²) in [6.07, 6.45) is 1.66. The molecule has 3 nitrogen and oxygen atoms in total. The van der Waals surface area contributed by atoms with E-state index in [1.54, 1.807) is 24.4 Å². The van der Waals surface area contributed by atoms with E-state index in [2.05, 4.69) is 42.2 Å². The van der Waals surface area contributed by atoms with Crippen molar-refractivity contribution in [1.82, 2.24) is 4.98 Å². The first-order valence-electron chi connectivity index (χ1n) is 5.25. The summed E-state index contributed by atoms with van der Waals surface area (Å²) in [7, 11) is 0. The number of halogens is 2. The molecule has 0 saturated heterocycles. The van der Waals surface area contributed by atoms with E-state index in [4.69, 9.17) is 0 Å². The molecule has 0 atom stereocenters. The smallest absolute Gasteiger partial charge is 0.255 e. The quantitative estimate of drug-likeness (QED) is 0.807. The summed E-state index contributed by atoms with van der Waals surface area (Å²) in [5.74, 6) is -0.157. The monoisotopic (exact) mass is 368 g/mol. The fraction of sp³-hybridized carbons (Fsp3) is 0.0769. The zero-order chi connectivity index (χ0) is 13.1. The second-order valence-corrected chi connectivity index (χ2v) is 5.48. The van der Waals surface area contributed by atoms with Crippen LogP contribution in [0.15, 0.2) is 45.6 Å². The van der Waals surface area contributed by atoms with E-state index < -0.39 is 0 Å². The number of hydrogen-bond donors (Lipinski definition) is 1. The maximum atomic E-state index is 12.0. The van der Waals surface area contributed by atoms with Crippen LogP contribution in [0.4, 0.5) is 5.69 Å². The van der Waals surface area contributed by atoms with E-state index in [-0.39, 0.29) is 5.91 Å². The van der Waals surface area contributed by atoms with Crippen LogP contribution in [0.3, 0.4) is 0 Å². The molecule has 92 valence electrons. The predicted octanol–water partition coefficient (Wildman–Crippen LogP) is 4.17. The highest BCUT2D eigenvalue weighted by Gasteiger charge is 2.09. The summed E-state index contributed by atoms with van der Waals surface area (Å²) >= 11 is 6.61. The van der Waals surface area contributed by atoms with Crippen LogP contribution in [0.2, 0.25) is 0 Å². The predicted molar refractivity (Wildman–Crippen MR) is 78.8 cm³/mol. The van der Waals surface area contributed by atoms with Crippen LogP contribution < -0.4 is 5.32 Å². The Kier molecular flexibility index (Phi) is 4.14. The fourth-order valence-corrected chi connectivity index (χ4v) is 2.06. The maximum Gasteiger partial charge on any atom is 0.255 e. The third-order valence-electron chi connectivity index (χ3n) is 2.37. The number of nitrogens with zero attached hydrogens (tertiary/aromatic N) is 1. The number of aromatic nitrogens is 1.